The molecule has 1 N–H and O–H groups in total. The SMILES string of the molecule is CC(C)C(=O)N1CCCN(C(=O)c2cccc(C(=O)O)n2)CC1. The van der Waals surface area contributed by atoms with Crippen LogP contribution >= 0.6 is 0 Å². The van der Waals surface area contributed by atoms with Crippen LogP contribution in [-0.2, 0) is 4.79 Å². The fourth-order valence-corrected chi connectivity index (χ4v) is 2.54. The predicted molar refractivity (Wildman–Crippen MR) is 83.1 cm³/mol. The number of amides is 2. The Hall–Kier alpha value is -2.44. The van der Waals surface area contributed by atoms with Crippen molar-refractivity contribution < 1.29 is 19.5 Å². The van der Waals surface area contributed by atoms with Crippen molar-refractivity contribution in [3.8, 4) is 0 Å². The second kappa shape index (κ2) is 7.21. The number of carboxylic acid groups (broad SMARTS) is 1. The van der Waals surface area contributed by atoms with Gasteiger partial charge in [0.25, 0.3) is 5.91 Å². The third-order valence-corrected chi connectivity index (χ3v) is 3.78. The van der Waals surface area contributed by atoms with Crippen LogP contribution in [0.4, 0.5) is 0 Å². The molecule has 0 aromatic carbocycles. The van der Waals surface area contributed by atoms with Crippen LogP contribution in [0.5, 0.6) is 0 Å². The zero-order valence-electron chi connectivity index (χ0n) is 13.4. The Morgan fingerprint density at radius 1 is 1.04 bits per heavy atom. The summed E-state index contributed by atoms with van der Waals surface area (Å²) in [6.45, 7) is 5.79. The minimum absolute atomic E-state index is 0.0637. The monoisotopic (exact) mass is 319 g/mol. The van der Waals surface area contributed by atoms with Gasteiger partial charge < -0.3 is 14.9 Å². The maximum absolute atomic E-state index is 12.5. The van der Waals surface area contributed by atoms with E-state index in [2.05, 4.69) is 4.98 Å². The van der Waals surface area contributed by atoms with E-state index in [1.54, 1.807) is 9.80 Å². The molecule has 2 rings (SSSR count). The molecule has 0 saturated carbocycles. The summed E-state index contributed by atoms with van der Waals surface area (Å²) in [6, 6.07) is 4.37. The van der Waals surface area contributed by atoms with Crippen molar-refractivity contribution in [2.24, 2.45) is 5.92 Å². The fourth-order valence-electron chi connectivity index (χ4n) is 2.54. The van der Waals surface area contributed by atoms with E-state index in [1.165, 1.54) is 18.2 Å². The predicted octanol–water partition coefficient (Wildman–Crippen LogP) is 1.11. The third-order valence-electron chi connectivity index (χ3n) is 3.78. The van der Waals surface area contributed by atoms with Crippen molar-refractivity contribution in [1.82, 2.24) is 14.8 Å². The van der Waals surface area contributed by atoms with Gasteiger partial charge in [-0.25, -0.2) is 9.78 Å². The lowest BCUT2D eigenvalue weighted by Gasteiger charge is -2.23. The van der Waals surface area contributed by atoms with E-state index in [0.717, 1.165) is 0 Å². The molecule has 0 radical (unpaired) electrons. The van der Waals surface area contributed by atoms with Gasteiger partial charge >= 0.3 is 5.97 Å². The maximum Gasteiger partial charge on any atom is 0.354 e. The molecule has 1 aliphatic heterocycles. The molecule has 7 nitrogen and oxygen atoms in total. The highest BCUT2D eigenvalue weighted by Crippen LogP contribution is 2.11. The van der Waals surface area contributed by atoms with Crippen molar-refractivity contribution in [2.45, 2.75) is 20.3 Å². The number of pyridine rings is 1. The number of aromatic carboxylic acids is 1. The Bertz CT molecular complexity index is 615. The lowest BCUT2D eigenvalue weighted by molar-refractivity contribution is -0.134. The molecular formula is C16H21N3O4. The molecule has 1 saturated heterocycles. The first kappa shape index (κ1) is 16.9. The molecule has 1 aliphatic rings. The summed E-state index contributed by atoms with van der Waals surface area (Å²) < 4.78 is 0. The van der Waals surface area contributed by atoms with Gasteiger partial charge in [0.15, 0.2) is 0 Å². The average molecular weight is 319 g/mol. The third kappa shape index (κ3) is 4.06. The van der Waals surface area contributed by atoms with Crippen LogP contribution in [0.2, 0.25) is 0 Å². The highest BCUT2D eigenvalue weighted by Gasteiger charge is 2.24. The zero-order valence-corrected chi connectivity index (χ0v) is 13.4. The fraction of sp³-hybridized carbons (Fsp3) is 0.500. The average Bonchev–Trinajstić information content (AvgIpc) is 2.79. The number of carbonyl (C=O) groups is 3. The molecule has 2 heterocycles. The molecule has 0 bridgehead atoms. The first-order chi connectivity index (χ1) is 10.9. The normalized spacial score (nSPS) is 15.4. The van der Waals surface area contributed by atoms with Gasteiger partial charge in [-0.05, 0) is 18.6 Å². The number of nitrogens with zero attached hydrogens (tertiary/aromatic N) is 3. The molecule has 0 unspecified atom stereocenters. The van der Waals surface area contributed by atoms with Crippen LogP contribution < -0.4 is 0 Å². The van der Waals surface area contributed by atoms with Gasteiger partial charge in [0, 0.05) is 32.1 Å². The van der Waals surface area contributed by atoms with Crippen LogP contribution in [0.3, 0.4) is 0 Å². The second-order valence-corrected chi connectivity index (χ2v) is 5.84. The number of hydrogen-bond donors (Lipinski definition) is 1. The maximum atomic E-state index is 12.5. The van der Waals surface area contributed by atoms with E-state index in [9.17, 15) is 14.4 Å². The van der Waals surface area contributed by atoms with E-state index in [-0.39, 0.29) is 29.1 Å². The molecule has 124 valence electrons. The number of aromatic nitrogens is 1. The number of carbonyl (C=O) groups excluding carboxylic acids is 2. The van der Waals surface area contributed by atoms with Gasteiger partial charge in [-0.2, -0.15) is 0 Å². The highest BCUT2D eigenvalue weighted by atomic mass is 16.4. The van der Waals surface area contributed by atoms with Crippen molar-refractivity contribution in [3.63, 3.8) is 0 Å². The topological polar surface area (TPSA) is 90.8 Å². The van der Waals surface area contributed by atoms with Crippen molar-refractivity contribution >= 4 is 17.8 Å². The lowest BCUT2D eigenvalue weighted by atomic mass is 10.2. The first-order valence-corrected chi connectivity index (χ1v) is 7.68. The largest absolute Gasteiger partial charge is 0.477 e. The van der Waals surface area contributed by atoms with Crippen LogP contribution in [0.1, 0.15) is 41.2 Å². The Morgan fingerprint density at radius 3 is 2.30 bits per heavy atom. The number of hydrogen-bond acceptors (Lipinski definition) is 4. The molecular weight excluding hydrogens is 298 g/mol. The van der Waals surface area contributed by atoms with Gasteiger partial charge in [-0.1, -0.05) is 19.9 Å². The summed E-state index contributed by atoms with van der Waals surface area (Å²) in [5, 5.41) is 8.96. The minimum Gasteiger partial charge on any atom is -0.477 e. The molecule has 0 atom stereocenters. The smallest absolute Gasteiger partial charge is 0.354 e. The lowest BCUT2D eigenvalue weighted by Crippen LogP contribution is -2.39. The number of carboxylic acids is 1. The molecule has 7 heteroatoms. The Kier molecular flexibility index (Phi) is 5.31. The van der Waals surface area contributed by atoms with E-state index < -0.39 is 5.97 Å². The van der Waals surface area contributed by atoms with Crippen molar-refractivity contribution in [2.75, 3.05) is 26.2 Å². The summed E-state index contributed by atoms with van der Waals surface area (Å²) in [4.78, 5) is 42.8. The summed E-state index contributed by atoms with van der Waals surface area (Å²) in [5.41, 5.74) is -0.0316. The molecule has 23 heavy (non-hydrogen) atoms. The summed E-state index contributed by atoms with van der Waals surface area (Å²) in [5.74, 6) is -1.44. The Labute approximate surface area is 134 Å². The minimum atomic E-state index is -1.16. The van der Waals surface area contributed by atoms with E-state index in [0.29, 0.717) is 32.6 Å². The van der Waals surface area contributed by atoms with E-state index in [4.69, 9.17) is 5.11 Å². The van der Waals surface area contributed by atoms with Crippen LogP contribution in [0, 0.1) is 5.92 Å². The molecule has 0 aliphatic carbocycles. The Balaban J connectivity index is 2.07. The number of rotatable bonds is 3. The van der Waals surface area contributed by atoms with Crippen LogP contribution in [0.25, 0.3) is 0 Å². The second-order valence-electron chi connectivity index (χ2n) is 5.84. The highest BCUT2D eigenvalue weighted by molar-refractivity contribution is 5.94. The summed E-state index contributed by atoms with van der Waals surface area (Å²) >= 11 is 0. The first-order valence-electron chi connectivity index (χ1n) is 7.68. The molecule has 1 fully saturated rings. The quantitative estimate of drug-likeness (QED) is 0.901. The standard InChI is InChI=1S/C16H21N3O4/c1-11(2)14(20)18-7-4-8-19(10-9-18)15(21)12-5-3-6-13(17-12)16(22)23/h3,5-6,11H,4,7-10H2,1-2H3,(H,22,23). The van der Waals surface area contributed by atoms with Gasteiger partial charge in [-0.15, -0.1) is 0 Å². The molecule has 0 spiro atoms. The van der Waals surface area contributed by atoms with E-state index >= 15 is 0 Å². The van der Waals surface area contributed by atoms with Crippen molar-refractivity contribution in [3.05, 3.63) is 29.6 Å². The summed E-state index contributed by atoms with van der Waals surface area (Å²) in [7, 11) is 0. The van der Waals surface area contributed by atoms with Gasteiger partial charge in [-0.3, -0.25) is 9.59 Å². The van der Waals surface area contributed by atoms with Gasteiger partial charge in [0.2, 0.25) is 5.91 Å². The zero-order chi connectivity index (χ0) is 17.0. The molecule has 1 aromatic rings. The summed E-state index contributed by atoms with van der Waals surface area (Å²) in [6.07, 6.45) is 0.697. The van der Waals surface area contributed by atoms with Gasteiger partial charge in [0.1, 0.15) is 11.4 Å². The molecule has 2 amide bonds. The van der Waals surface area contributed by atoms with Crippen molar-refractivity contribution in [1.29, 1.82) is 0 Å². The van der Waals surface area contributed by atoms with E-state index in [1.807, 2.05) is 13.8 Å². The van der Waals surface area contributed by atoms with Crippen LogP contribution in [0.15, 0.2) is 18.2 Å². The molecule has 1 aromatic heterocycles. The van der Waals surface area contributed by atoms with Crippen LogP contribution in [-0.4, -0.2) is 63.9 Å². The van der Waals surface area contributed by atoms with Gasteiger partial charge in [0.05, 0.1) is 0 Å². The Morgan fingerprint density at radius 2 is 1.65 bits per heavy atom.